The summed E-state index contributed by atoms with van der Waals surface area (Å²) in [6.45, 7) is 8.41. The number of nitrogens with one attached hydrogen (secondary N) is 1. The molecule has 1 saturated carbocycles. The lowest BCUT2D eigenvalue weighted by Crippen LogP contribution is -2.50. The van der Waals surface area contributed by atoms with Gasteiger partial charge in [0, 0.05) is 21.0 Å². The van der Waals surface area contributed by atoms with E-state index in [9.17, 15) is 4.79 Å². The summed E-state index contributed by atoms with van der Waals surface area (Å²) in [6.07, 6.45) is 5.49. The van der Waals surface area contributed by atoms with Crippen LogP contribution in [-0.2, 0) is 9.59 Å². The van der Waals surface area contributed by atoms with Gasteiger partial charge in [0.05, 0.1) is 0 Å². The first-order valence-corrected chi connectivity index (χ1v) is 6.18. The van der Waals surface area contributed by atoms with E-state index in [1.54, 1.807) is 0 Å². The monoisotopic (exact) mass is 247 g/mol. The van der Waals surface area contributed by atoms with Crippen molar-refractivity contribution >= 4 is 12.7 Å². The molecule has 1 aliphatic carbocycles. The Labute approximate surface area is 106 Å². The van der Waals surface area contributed by atoms with Crippen LogP contribution in [0.25, 0.3) is 0 Å². The minimum atomic E-state index is 0. The van der Waals surface area contributed by atoms with E-state index in [4.69, 9.17) is 9.90 Å². The fourth-order valence-corrected chi connectivity index (χ4v) is 2.24. The van der Waals surface area contributed by atoms with Gasteiger partial charge in [0.1, 0.15) is 6.79 Å². The highest BCUT2D eigenvalue weighted by Gasteiger charge is 2.41. The molecule has 0 aromatic rings. The molecule has 1 aliphatic rings. The Morgan fingerprint density at radius 3 is 2.00 bits per heavy atom. The molecule has 17 heavy (non-hydrogen) atoms. The molecule has 1 rings (SSSR count). The predicted octanol–water partition coefficient (Wildman–Crippen LogP) is 2.15. The second-order valence-corrected chi connectivity index (χ2v) is 4.23. The summed E-state index contributed by atoms with van der Waals surface area (Å²) in [6, 6.07) is 0.465. The van der Waals surface area contributed by atoms with Gasteiger partial charge in [-0.3, -0.25) is 4.79 Å². The zero-order valence-corrected chi connectivity index (χ0v) is 11.6. The minimum absolute atomic E-state index is 0. The fourth-order valence-electron chi connectivity index (χ4n) is 2.24. The molecule has 1 fully saturated rings. The molecule has 104 valence electrons. The van der Waals surface area contributed by atoms with Crippen LogP contribution in [0.5, 0.6) is 0 Å². The largest absolute Gasteiger partial charge is 0.400 e. The van der Waals surface area contributed by atoms with E-state index in [-0.39, 0.29) is 7.33 Å². The molecule has 0 spiro atoms. The number of carbonyl (C=O) groups excluding carboxylic acids is 2. The molecule has 0 aromatic carbocycles. The van der Waals surface area contributed by atoms with Crippen molar-refractivity contribution in [3.8, 4) is 0 Å². The molecule has 4 nitrogen and oxygen atoms in total. The van der Waals surface area contributed by atoms with Crippen LogP contribution in [0.2, 0.25) is 0 Å². The Balaban J connectivity index is -0.000000409. The lowest BCUT2D eigenvalue weighted by molar-refractivity contribution is -0.123. The number of hydrogen-bond donors (Lipinski definition) is 2. The van der Waals surface area contributed by atoms with Crippen LogP contribution in [0.3, 0.4) is 0 Å². The maximum absolute atomic E-state index is 11.1. The van der Waals surface area contributed by atoms with Crippen LogP contribution in [0, 0.1) is 5.41 Å². The van der Waals surface area contributed by atoms with Gasteiger partial charge in [-0.2, -0.15) is 0 Å². The third-order valence-electron chi connectivity index (χ3n) is 3.55. The van der Waals surface area contributed by atoms with E-state index in [1.165, 1.54) is 25.7 Å². The fraction of sp³-hybridized carbons (Fsp3) is 0.846. The molecule has 0 unspecified atom stereocenters. The van der Waals surface area contributed by atoms with E-state index in [2.05, 4.69) is 19.2 Å². The average Bonchev–Trinajstić information content (AvgIpc) is 2.38. The Hall–Kier alpha value is -0.900. The Bertz CT molecular complexity index is 200. The second-order valence-electron chi connectivity index (χ2n) is 4.23. The second kappa shape index (κ2) is 10.3. The Morgan fingerprint density at radius 1 is 1.29 bits per heavy atom. The smallest absolute Gasteiger partial charge is 0.219 e. The first-order chi connectivity index (χ1) is 8.15. The quantitative estimate of drug-likeness (QED) is 0.800. The number of rotatable bonds is 4. The van der Waals surface area contributed by atoms with E-state index < -0.39 is 0 Å². The van der Waals surface area contributed by atoms with Crippen LogP contribution in [-0.4, -0.2) is 31.0 Å². The van der Waals surface area contributed by atoms with Crippen molar-refractivity contribution < 1.29 is 16.1 Å². The molecular weight excluding hydrogens is 218 g/mol. The van der Waals surface area contributed by atoms with Crippen LogP contribution >= 0.6 is 0 Å². The highest BCUT2D eigenvalue weighted by Crippen LogP contribution is 2.46. The molecule has 4 heteroatoms. The molecular formula is C13H29NO3. The van der Waals surface area contributed by atoms with Gasteiger partial charge >= 0.3 is 0 Å². The maximum Gasteiger partial charge on any atom is 0.219 e. The van der Waals surface area contributed by atoms with Crippen molar-refractivity contribution in [3.05, 3.63) is 0 Å². The summed E-state index contributed by atoms with van der Waals surface area (Å²) in [5, 5.41) is 10.1. The molecule has 0 aliphatic heterocycles. The predicted molar refractivity (Wildman–Crippen MR) is 71.8 cm³/mol. The molecule has 2 N–H and O–H groups in total. The standard InChI is InChI=1S/C11H21NO.CH4O.CH2O.H2/c1-4-10(13)12-9-7-11(5-2,6-3)8-9;2*1-2;/h9H,4-8H2,1-3H3,(H,12,13);2H,1H3;1H2;1H. The first kappa shape index (κ1) is 18.5. The lowest BCUT2D eigenvalue weighted by atomic mass is 9.62. The highest BCUT2D eigenvalue weighted by molar-refractivity contribution is 5.75. The topological polar surface area (TPSA) is 66.4 Å². The number of aliphatic hydroxyl groups excluding tert-OH is 1. The zero-order valence-electron chi connectivity index (χ0n) is 11.6. The van der Waals surface area contributed by atoms with Crippen LogP contribution in [0.15, 0.2) is 0 Å². The van der Waals surface area contributed by atoms with Gasteiger partial charge in [0.15, 0.2) is 0 Å². The SMILES string of the molecule is C=O.CCC(=O)NC1CC(CC)(CC)C1.CO.[HH]. The van der Waals surface area contributed by atoms with Crippen molar-refractivity contribution in [2.45, 2.75) is 58.9 Å². The van der Waals surface area contributed by atoms with Gasteiger partial charge in [0.2, 0.25) is 5.91 Å². The number of carbonyl (C=O) groups is 2. The molecule has 0 radical (unpaired) electrons. The van der Waals surface area contributed by atoms with E-state index >= 15 is 0 Å². The number of aliphatic hydroxyl groups is 1. The molecule has 0 bridgehead atoms. The van der Waals surface area contributed by atoms with Gasteiger partial charge < -0.3 is 15.2 Å². The first-order valence-electron chi connectivity index (χ1n) is 6.18. The molecule has 0 atom stereocenters. The van der Waals surface area contributed by atoms with Crippen molar-refractivity contribution in [2.75, 3.05) is 7.11 Å². The summed E-state index contributed by atoms with van der Waals surface area (Å²) < 4.78 is 0. The van der Waals surface area contributed by atoms with Crippen molar-refractivity contribution in [1.29, 1.82) is 0 Å². The zero-order chi connectivity index (χ0) is 13.9. The summed E-state index contributed by atoms with van der Waals surface area (Å²) in [4.78, 5) is 19.1. The summed E-state index contributed by atoms with van der Waals surface area (Å²) >= 11 is 0. The summed E-state index contributed by atoms with van der Waals surface area (Å²) in [5.74, 6) is 0.200. The van der Waals surface area contributed by atoms with Crippen LogP contribution in [0.4, 0.5) is 0 Å². The van der Waals surface area contributed by atoms with Gasteiger partial charge in [0.25, 0.3) is 0 Å². The summed E-state index contributed by atoms with van der Waals surface area (Å²) in [7, 11) is 1.00. The molecule has 0 aromatic heterocycles. The van der Waals surface area contributed by atoms with Crippen molar-refractivity contribution in [3.63, 3.8) is 0 Å². The third-order valence-corrected chi connectivity index (χ3v) is 3.55. The third kappa shape index (κ3) is 5.82. The van der Waals surface area contributed by atoms with E-state index in [1.807, 2.05) is 13.7 Å². The lowest BCUT2D eigenvalue weighted by Gasteiger charge is -2.47. The van der Waals surface area contributed by atoms with Crippen molar-refractivity contribution in [2.24, 2.45) is 5.41 Å². The molecule has 0 saturated heterocycles. The van der Waals surface area contributed by atoms with Crippen LogP contribution in [0.1, 0.15) is 54.3 Å². The van der Waals surface area contributed by atoms with E-state index in [0.717, 1.165) is 7.11 Å². The van der Waals surface area contributed by atoms with Gasteiger partial charge in [-0.05, 0) is 18.3 Å². The molecule has 1 amide bonds. The maximum atomic E-state index is 11.1. The Morgan fingerprint density at radius 2 is 1.71 bits per heavy atom. The van der Waals surface area contributed by atoms with Gasteiger partial charge in [-0.1, -0.05) is 33.6 Å². The summed E-state index contributed by atoms with van der Waals surface area (Å²) in [5.41, 5.74) is 0.547. The van der Waals surface area contributed by atoms with Gasteiger partial charge in [-0.25, -0.2) is 0 Å². The number of amides is 1. The van der Waals surface area contributed by atoms with E-state index in [0.29, 0.717) is 17.9 Å². The number of hydrogen-bond acceptors (Lipinski definition) is 3. The molecule has 0 heterocycles. The normalized spacial score (nSPS) is 16.5. The van der Waals surface area contributed by atoms with Crippen LogP contribution < -0.4 is 5.32 Å². The van der Waals surface area contributed by atoms with Gasteiger partial charge in [-0.15, -0.1) is 0 Å². The highest BCUT2D eigenvalue weighted by atomic mass is 16.2. The Kier molecular flexibility index (Phi) is 11.2. The minimum Gasteiger partial charge on any atom is -0.400 e. The average molecular weight is 247 g/mol. The van der Waals surface area contributed by atoms with Crippen molar-refractivity contribution in [1.82, 2.24) is 5.32 Å².